The molecule has 1 heterocycles. The SMILES string of the molecule is CCC(CO)(CO)Cc1nc(C)c(C)s1. The second kappa shape index (κ2) is 5.05. The largest absolute Gasteiger partial charge is 0.396 e. The van der Waals surface area contributed by atoms with Gasteiger partial charge < -0.3 is 10.2 Å². The van der Waals surface area contributed by atoms with Crippen LogP contribution in [0.1, 0.15) is 28.9 Å². The zero-order valence-electron chi connectivity index (χ0n) is 9.58. The van der Waals surface area contributed by atoms with Crippen molar-refractivity contribution in [1.29, 1.82) is 0 Å². The average molecular weight is 229 g/mol. The Balaban J connectivity index is 2.82. The summed E-state index contributed by atoms with van der Waals surface area (Å²) in [5, 5.41) is 19.7. The number of aliphatic hydroxyl groups excluding tert-OH is 2. The Labute approximate surface area is 94.8 Å². The highest BCUT2D eigenvalue weighted by Gasteiger charge is 2.28. The highest BCUT2D eigenvalue weighted by atomic mass is 32.1. The molecule has 0 atom stereocenters. The van der Waals surface area contributed by atoms with Gasteiger partial charge in [0, 0.05) is 16.7 Å². The molecule has 1 aromatic rings. The Hall–Kier alpha value is -0.450. The molecule has 0 bridgehead atoms. The molecule has 4 heteroatoms. The fourth-order valence-corrected chi connectivity index (χ4v) is 2.55. The van der Waals surface area contributed by atoms with Gasteiger partial charge in [-0.1, -0.05) is 6.92 Å². The molecule has 0 spiro atoms. The zero-order chi connectivity index (χ0) is 11.5. The van der Waals surface area contributed by atoms with Gasteiger partial charge in [0.1, 0.15) is 0 Å². The van der Waals surface area contributed by atoms with Gasteiger partial charge in [0.15, 0.2) is 0 Å². The van der Waals surface area contributed by atoms with Crippen molar-refractivity contribution in [2.24, 2.45) is 5.41 Å². The smallest absolute Gasteiger partial charge is 0.0938 e. The van der Waals surface area contributed by atoms with Crippen LogP contribution in [0.3, 0.4) is 0 Å². The lowest BCUT2D eigenvalue weighted by Crippen LogP contribution is -2.31. The van der Waals surface area contributed by atoms with E-state index in [2.05, 4.69) is 4.98 Å². The second-order valence-corrected chi connectivity index (χ2v) is 5.38. The van der Waals surface area contributed by atoms with E-state index in [4.69, 9.17) is 0 Å². The Morgan fingerprint density at radius 3 is 2.20 bits per heavy atom. The number of hydrogen-bond acceptors (Lipinski definition) is 4. The van der Waals surface area contributed by atoms with Gasteiger partial charge in [0.25, 0.3) is 0 Å². The third kappa shape index (κ3) is 2.77. The zero-order valence-corrected chi connectivity index (χ0v) is 10.4. The van der Waals surface area contributed by atoms with Crippen LogP contribution in [0.2, 0.25) is 0 Å². The lowest BCUT2D eigenvalue weighted by atomic mass is 9.84. The minimum atomic E-state index is -0.406. The fraction of sp³-hybridized carbons (Fsp3) is 0.727. The molecule has 1 aromatic heterocycles. The summed E-state index contributed by atoms with van der Waals surface area (Å²) in [7, 11) is 0. The normalized spacial score (nSPS) is 12.1. The van der Waals surface area contributed by atoms with Crippen LogP contribution in [0.5, 0.6) is 0 Å². The summed E-state index contributed by atoms with van der Waals surface area (Å²) >= 11 is 1.65. The maximum absolute atomic E-state index is 9.33. The number of aromatic nitrogens is 1. The number of thiazole rings is 1. The molecule has 0 saturated carbocycles. The quantitative estimate of drug-likeness (QED) is 0.807. The Kier molecular flexibility index (Phi) is 4.25. The highest BCUT2D eigenvalue weighted by Crippen LogP contribution is 2.29. The van der Waals surface area contributed by atoms with E-state index in [1.807, 2.05) is 20.8 Å². The molecule has 15 heavy (non-hydrogen) atoms. The fourth-order valence-electron chi connectivity index (χ4n) is 1.45. The molecule has 0 aliphatic rings. The van der Waals surface area contributed by atoms with E-state index in [1.165, 1.54) is 4.88 Å². The molecule has 2 N–H and O–H groups in total. The van der Waals surface area contributed by atoms with E-state index in [9.17, 15) is 10.2 Å². The summed E-state index contributed by atoms with van der Waals surface area (Å²) in [4.78, 5) is 5.65. The Bertz CT molecular complexity index is 291. The standard InChI is InChI=1S/C11H19NO2S/c1-4-11(6-13,7-14)5-10-12-8(2)9(3)15-10/h13-14H,4-7H2,1-3H3. The van der Waals surface area contributed by atoms with Gasteiger partial charge in [0.05, 0.1) is 23.9 Å². The number of aryl methyl sites for hydroxylation is 2. The van der Waals surface area contributed by atoms with Crippen molar-refractivity contribution in [2.45, 2.75) is 33.6 Å². The van der Waals surface area contributed by atoms with Crippen molar-refractivity contribution in [3.05, 3.63) is 15.6 Å². The Morgan fingerprint density at radius 2 is 1.87 bits per heavy atom. The third-order valence-corrected chi connectivity index (χ3v) is 4.09. The summed E-state index contributed by atoms with van der Waals surface area (Å²) in [6, 6.07) is 0. The van der Waals surface area contributed by atoms with Gasteiger partial charge in [-0.05, 0) is 20.3 Å². The van der Waals surface area contributed by atoms with Gasteiger partial charge in [-0.3, -0.25) is 0 Å². The van der Waals surface area contributed by atoms with E-state index in [-0.39, 0.29) is 13.2 Å². The van der Waals surface area contributed by atoms with Crippen LogP contribution in [0, 0.1) is 19.3 Å². The third-order valence-electron chi connectivity index (χ3n) is 3.02. The molecule has 0 aliphatic carbocycles. The molecule has 0 aliphatic heterocycles. The van der Waals surface area contributed by atoms with Crippen LogP contribution >= 0.6 is 11.3 Å². The second-order valence-electron chi connectivity index (χ2n) is 4.10. The molecule has 0 fully saturated rings. The minimum Gasteiger partial charge on any atom is -0.396 e. The maximum Gasteiger partial charge on any atom is 0.0938 e. The van der Waals surface area contributed by atoms with E-state index in [1.54, 1.807) is 11.3 Å². The van der Waals surface area contributed by atoms with Crippen LogP contribution in [-0.2, 0) is 6.42 Å². The van der Waals surface area contributed by atoms with Crippen molar-refractivity contribution in [3.8, 4) is 0 Å². The lowest BCUT2D eigenvalue weighted by molar-refractivity contribution is 0.0513. The lowest BCUT2D eigenvalue weighted by Gasteiger charge is -2.27. The van der Waals surface area contributed by atoms with Gasteiger partial charge in [-0.15, -0.1) is 11.3 Å². The molecule has 86 valence electrons. The van der Waals surface area contributed by atoms with E-state index >= 15 is 0 Å². The van der Waals surface area contributed by atoms with Crippen LogP contribution in [0.25, 0.3) is 0 Å². The highest BCUT2D eigenvalue weighted by molar-refractivity contribution is 7.11. The van der Waals surface area contributed by atoms with Crippen molar-refractivity contribution in [2.75, 3.05) is 13.2 Å². The van der Waals surface area contributed by atoms with Crippen molar-refractivity contribution >= 4 is 11.3 Å². The number of hydrogen-bond donors (Lipinski definition) is 2. The van der Waals surface area contributed by atoms with Crippen LogP contribution < -0.4 is 0 Å². The molecule has 0 radical (unpaired) electrons. The molecule has 0 unspecified atom stereocenters. The molecular weight excluding hydrogens is 210 g/mol. The summed E-state index contributed by atoms with van der Waals surface area (Å²) in [5.74, 6) is 0. The predicted molar refractivity (Wildman–Crippen MR) is 62.2 cm³/mol. The monoisotopic (exact) mass is 229 g/mol. The van der Waals surface area contributed by atoms with E-state index in [0.29, 0.717) is 6.42 Å². The van der Waals surface area contributed by atoms with Gasteiger partial charge >= 0.3 is 0 Å². The van der Waals surface area contributed by atoms with Gasteiger partial charge in [-0.25, -0.2) is 4.98 Å². The summed E-state index contributed by atoms with van der Waals surface area (Å²) in [6.07, 6.45) is 1.42. The first-order chi connectivity index (χ1) is 7.06. The number of nitrogens with zero attached hydrogens (tertiary/aromatic N) is 1. The molecular formula is C11H19NO2S. The molecule has 1 rings (SSSR count). The topological polar surface area (TPSA) is 53.4 Å². The minimum absolute atomic E-state index is 0.0116. The average Bonchev–Trinajstić information content (AvgIpc) is 2.55. The number of rotatable bonds is 5. The number of aliphatic hydroxyl groups is 2. The Morgan fingerprint density at radius 1 is 1.27 bits per heavy atom. The molecule has 0 saturated heterocycles. The molecule has 3 nitrogen and oxygen atoms in total. The maximum atomic E-state index is 9.33. The van der Waals surface area contributed by atoms with Crippen LogP contribution in [-0.4, -0.2) is 28.4 Å². The first-order valence-corrected chi connectivity index (χ1v) is 6.03. The van der Waals surface area contributed by atoms with E-state index < -0.39 is 5.41 Å². The van der Waals surface area contributed by atoms with Gasteiger partial charge in [0.2, 0.25) is 0 Å². The molecule has 0 aromatic carbocycles. The van der Waals surface area contributed by atoms with Gasteiger partial charge in [-0.2, -0.15) is 0 Å². The first kappa shape index (κ1) is 12.6. The first-order valence-electron chi connectivity index (χ1n) is 5.21. The summed E-state index contributed by atoms with van der Waals surface area (Å²) in [5.41, 5.74) is 0.646. The predicted octanol–water partition coefficient (Wildman–Crippen LogP) is 1.68. The molecule has 0 amide bonds. The van der Waals surface area contributed by atoms with E-state index in [0.717, 1.165) is 17.1 Å². The summed E-state index contributed by atoms with van der Waals surface area (Å²) < 4.78 is 0. The van der Waals surface area contributed by atoms with Crippen LogP contribution in [0.15, 0.2) is 0 Å². The van der Waals surface area contributed by atoms with Crippen LogP contribution in [0.4, 0.5) is 0 Å². The van der Waals surface area contributed by atoms with Crippen molar-refractivity contribution in [1.82, 2.24) is 4.98 Å². The van der Waals surface area contributed by atoms with Crippen molar-refractivity contribution in [3.63, 3.8) is 0 Å². The van der Waals surface area contributed by atoms with Crippen molar-refractivity contribution < 1.29 is 10.2 Å². The summed E-state index contributed by atoms with van der Waals surface area (Å²) in [6.45, 7) is 6.04.